The van der Waals surface area contributed by atoms with Gasteiger partial charge < -0.3 is 25.0 Å². The molecule has 188 valence electrons. The molecule has 0 radical (unpaired) electrons. The lowest BCUT2D eigenvalue weighted by atomic mass is 9.88. The SMILES string of the molecule is C[C@H]1CN(C(=O)C(COCc2ccccc2)CC2(C)N[C@@H](O)NC2=O)CCN1c1cccc(F)c1. The third-order valence-corrected chi connectivity index (χ3v) is 6.74. The number of nitrogens with one attached hydrogen (secondary N) is 2. The first kappa shape index (κ1) is 25.1. The number of hydrogen-bond donors (Lipinski definition) is 3. The monoisotopic (exact) mass is 484 g/mol. The Balaban J connectivity index is 1.44. The van der Waals surface area contributed by atoms with Crippen molar-refractivity contribution in [3.05, 3.63) is 66.0 Å². The van der Waals surface area contributed by atoms with Crippen LogP contribution in [0.3, 0.4) is 0 Å². The third kappa shape index (κ3) is 5.98. The molecule has 2 aromatic rings. The average Bonchev–Trinajstić information content (AvgIpc) is 3.09. The van der Waals surface area contributed by atoms with Gasteiger partial charge in [0.2, 0.25) is 11.8 Å². The van der Waals surface area contributed by atoms with E-state index in [-0.39, 0.29) is 36.7 Å². The predicted molar refractivity (Wildman–Crippen MR) is 130 cm³/mol. The largest absolute Gasteiger partial charge is 0.376 e. The van der Waals surface area contributed by atoms with Crippen molar-refractivity contribution >= 4 is 17.5 Å². The first-order valence-electron chi connectivity index (χ1n) is 11.9. The van der Waals surface area contributed by atoms with Crippen LogP contribution < -0.4 is 15.5 Å². The van der Waals surface area contributed by atoms with Crippen LogP contribution in [0.4, 0.5) is 10.1 Å². The van der Waals surface area contributed by atoms with Crippen molar-refractivity contribution < 1.29 is 23.8 Å². The number of aliphatic hydroxyl groups is 1. The number of amides is 2. The fraction of sp³-hybridized carbons (Fsp3) is 0.462. The van der Waals surface area contributed by atoms with Crippen LogP contribution >= 0.6 is 0 Å². The number of carbonyl (C=O) groups excluding carboxylic acids is 2. The topological polar surface area (TPSA) is 94.1 Å². The molecular formula is C26H33FN4O4. The summed E-state index contributed by atoms with van der Waals surface area (Å²) >= 11 is 0. The summed E-state index contributed by atoms with van der Waals surface area (Å²) in [7, 11) is 0. The lowest BCUT2D eigenvalue weighted by molar-refractivity contribution is -0.140. The van der Waals surface area contributed by atoms with Crippen LogP contribution in [0.1, 0.15) is 25.8 Å². The van der Waals surface area contributed by atoms with Gasteiger partial charge in [-0.05, 0) is 44.0 Å². The highest BCUT2D eigenvalue weighted by Gasteiger charge is 2.45. The van der Waals surface area contributed by atoms with Gasteiger partial charge in [-0.3, -0.25) is 14.9 Å². The zero-order valence-corrected chi connectivity index (χ0v) is 20.1. The Morgan fingerprint density at radius 2 is 2.00 bits per heavy atom. The number of piperazine rings is 1. The molecule has 0 bridgehead atoms. The average molecular weight is 485 g/mol. The van der Waals surface area contributed by atoms with Crippen LogP contribution in [0, 0.1) is 11.7 Å². The molecule has 2 heterocycles. The molecule has 4 atom stereocenters. The second-order valence-corrected chi connectivity index (χ2v) is 9.56. The van der Waals surface area contributed by atoms with Crippen molar-refractivity contribution in [1.82, 2.24) is 15.5 Å². The molecular weight excluding hydrogens is 451 g/mol. The number of rotatable bonds is 8. The van der Waals surface area contributed by atoms with Crippen molar-refractivity contribution in [2.75, 3.05) is 31.1 Å². The van der Waals surface area contributed by atoms with Gasteiger partial charge in [-0.2, -0.15) is 0 Å². The number of ether oxygens (including phenoxy) is 1. The molecule has 2 fully saturated rings. The van der Waals surface area contributed by atoms with E-state index in [1.165, 1.54) is 12.1 Å². The van der Waals surface area contributed by atoms with E-state index in [1.807, 2.05) is 43.3 Å². The Bertz CT molecular complexity index is 1040. The normalized spacial score (nSPS) is 25.4. The first-order valence-corrected chi connectivity index (χ1v) is 11.9. The molecule has 0 spiro atoms. The quantitative estimate of drug-likeness (QED) is 0.530. The van der Waals surface area contributed by atoms with Crippen LogP contribution in [0.5, 0.6) is 0 Å². The minimum Gasteiger partial charge on any atom is -0.376 e. The molecule has 9 heteroatoms. The van der Waals surface area contributed by atoms with Gasteiger partial charge >= 0.3 is 0 Å². The highest BCUT2D eigenvalue weighted by atomic mass is 19.1. The van der Waals surface area contributed by atoms with Crippen molar-refractivity contribution in [3.8, 4) is 0 Å². The van der Waals surface area contributed by atoms with E-state index in [0.29, 0.717) is 26.2 Å². The number of halogens is 1. The Kier molecular flexibility index (Phi) is 7.69. The second-order valence-electron chi connectivity index (χ2n) is 9.56. The summed E-state index contributed by atoms with van der Waals surface area (Å²) in [5, 5.41) is 15.1. The Labute approximate surface area is 205 Å². The van der Waals surface area contributed by atoms with E-state index < -0.39 is 17.8 Å². The number of anilines is 1. The molecule has 3 N–H and O–H groups in total. The summed E-state index contributed by atoms with van der Waals surface area (Å²) in [5.74, 6) is -1.32. The molecule has 2 aromatic carbocycles. The smallest absolute Gasteiger partial charge is 0.243 e. The number of aliphatic hydroxyl groups excluding tert-OH is 1. The van der Waals surface area contributed by atoms with E-state index in [2.05, 4.69) is 15.5 Å². The summed E-state index contributed by atoms with van der Waals surface area (Å²) in [6.45, 7) is 5.72. The molecule has 0 aromatic heterocycles. The molecule has 2 amide bonds. The van der Waals surface area contributed by atoms with Gasteiger partial charge in [0.05, 0.1) is 24.7 Å². The van der Waals surface area contributed by atoms with Crippen molar-refractivity contribution in [2.24, 2.45) is 5.92 Å². The minimum atomic E-state index is -1.15. The number of carbonyl (C=O) groups is 2. The molecule has 2 aliphatic rings. The maximum absolute atomic E-state index is 13.7. The maximum Gasteiger partial charge on any atom is 0.243 e. The fourth-order valence-corrected chi connectivity index (χ4v) is 4.90. The van der Waals surface area contributed by atoms with E-state index in [1.54, 1.807) is 17.9 Å². The van der Waals surface area contributed by atoms with E-state index in [9.17, 15) is 19.1 Å². The van der Waals surface area contributed by atoms with Gasteiger partial charge in [-0.1, -0.05) is 36.4 Å². The number of hydrogen-bond acceptors (Lipinski definition) is 6. The highest BCUT2D eigenvalue weighted by Crippen LogP contribution is 2.26. The van der Waals surface area contributed by atoms with Gasteiger partial charge in [0, 0.05) is 31.4 Å². The van der Waals surface area contributed by atoms with Gasteiger partial charge in [-0.25, -0.2) is 4.39 Å². The Morgan fingerprint density at radius 3 is 2.66 bits per heavy atom. The zero-order chi connectivity index (χ0) is 25.0. The molecule has 2 saturated heterocycles. The number of benzene rings is 2. The first-order chi connectivity index (χ1) is 16.7. The maximum atomic E-state index is 13.7. The molecule has 0 aliphatic carbocycles. The summed E-state index contributed by atoms with van der Waals surface area (Å²) in [4.78, 5) is 30.0. The number of nitrogens with zero attached hydrogens (tertiary/aromatic N) is 2. The Morgan fingerprint density at radius 1 is 1.23 bits per heavy atom. The molecule has 2 aliphatic heterocycles. The summed E-state index contributed by atoms with van der Waals surface area (Å²) < 4.78 is 19.6. The van der Waals surface area contributed by atoms with Gasteiger partial charge in [0.1, 0.15) is 5.82 Å². The lowest BCUT2D eigenvalue weighted by Crippen LogP contribution is -2.56. The zero-order valence-electron chi connectivity index (χ0n) is 20.1. The van der Waals surface area contributed by atoms with Gasteiger partial charge in [-0.15, -0.1) is 0 Å². The molecule has 0 saturated carbocycles. The van der Waals surface area contributed by atoms with Crippen molar-refractivity contribution in [2.45, 2.75) is 44.8 Å². The van der Waals surface area contributed by atoms with Gasteiger partial charge in [0.25, 0.3) is 0 Å². The minimum absolute atomic E-state index is 0.00861. The van der Waals surface area contributed by atoms with Crippen molar-refractivity contribution in [1.29, 1.82) is 0 Å². The van der Waals surface area contributed by atoms with Crippen molar-refractivity contribution in [3.63, 3.8) is 0 Å². The highest BCUT2D eigenvalue weighted by molar-refractivity contribution is 5.89. The summed E-state index contributed by atoms with van der Waals surface area (Å²) in [6.07, 6.45) is -0.967. The third-order valence-electron chi connectivity index (χ3n) is 6.74. The molecule has 35 heavy (non-hydrogen) atoms. The second kappa shape index (κ2) is 10.7. The molecule has 2 unspecified atom stereocenters. The van der Waals surface area contributed by atoms with Crippen LogP contribution in [-0.2, 0) is 20.9 Å². The Hall–Kier alpha value is -3.01. The van der Waals surface area contributed by atoms with Crippen LogP contribution in [0.2, 0.25) is 0 Å². The lowest BCUT2D eigenvalue weighted by Gasteiger charge is -2.42. The fourth-order valence-electron chi connectivity index (χ4n) is 4.90. The molecule has 4 rings (SSSR count). The van der Waals surface area contributed by atoms with E-state index >= 15 is 0 Å². The standard InChI is InChI=1S/C26H33FN4O4/c1-18-15-30(11-12-31(18)22-10-6-9-21(27)13-22)23(32)20(14-26(2)24(33)28-25(34)29-26)17-35-16-19-7-4-3-5-8-19/h3-10,13,18,20,25,29,34H,11-12,14-17H2,1-2H3,(H,28,33)/t18-,20?,25-,26?/m0/s1. The van der Waals surface area contributed by atoms with Crippen LogP contribution in [-0.4, -0.2) is 66.0 Å². The van der Waals surface area contributed by atoms with Gasteiger partial charge in [0.15, 0.2) is 6.35 Å². The summed E-state index contributed by atoms with van der Waals surface area (Å²) in [5.41, 5.74) is 0.695. The van der Waals surface area contributed by atoms with Crippen LogP contribution in [0.25, 0.3) is 0 Å². The molecule has 8 nitrogen and oxygen atoms in total. The van der Waals surface area contributed by atoms with E-state index in [4.69, 9.17) is 4.74 Å². The van der Waals surface area contributed by atoms with Crippen LogP contribution in [0.15, 0.2) is 54.6 Å². The summed E-state index contributed by atoms with van der Waals surface area (Å²) in [6, 6.07) is 16.1. The predicted octanol–water partition coefficient (Wildman–Crippen LogP) is 1.84. The van der Waals surface area contributed by atoms with E-state index in [0.717, 1.165) is 11.3 Å².